The number of aliphatic carboxylic acids is 1. The molecule has 2 aromatic heterocycles. The summed E-state index contributed by atoms with van der Waals surface area (Å²) in [4.78, 5) is 78.5. The predicted molar refractivity (Wildman–Crippen MR) is 219 cm³/mol. The molecule has 356 valence electrons. The number of hydrogen-bond acceptors (Lipinski definition) is 17. The number of furan rings is 2. The van der Waals surface area contributed by atoms with Crippen LogP contribution in [0, 0.1) is 57.2 Å². The van der Waals surface area contributed by atoms with E-state index < -0.39 is 93.5 Å². The fraction of sp³-hybridized carbons (Fsp3) is 0.696. The SMILES string of the molecule is COCO[C@H]1CC(C(=O)OC)[C@]2(C)CCC3C(=O)O[C@H](c4ccoc4)C[C@]3(C)C2C1=O.COCO[C@H]1C[C@@H](C(=O)OC)[C@]2(C)CCC(C(=O)O)[C@](C)(C[C@H](O)c3ccoc3)C2C1=O.[Li+].[OH-]. The minimum absolute atomic E-state index is 0. The van der Waals surface area contributed by atoms with Crippen molar-refractivity contribution in [2.45, 2.75) is 103 Å². The van der Waals surface area contributed by atoms with Gasteiger partial charge in [0.25, 0.3) is 0 Å². The van der Waals surface area contributed by atoms with Crippen LogP contribution in [-0.2, 0) is 61.9 Å². The second-order valence-corrected chi connectivity index (χ2v) is 18.9. The number of fused-ring (bicyclic) bond motifs is 4. The third-order valence-electron chi connectivity index (χ3n) is 15.6. The summed E-state index contributed by atoms with van der Waals surface area (Å²) in [5.41, 5.74) is -2.05. The Morgan fingerprint density at radius 1 is 0.754 bits per heavy atom. The van der Waals surface area contributed by atoms with Crippen LogP contribution in [0.1, 0.15) is 102 Å². The van der Waals surface area contributed by atoms with E-state index in [0.717, 1.165) is 5.56 Å². The van der Waals surface area contributed by atoms with Gasteiger partial charge in [0.2, 0.25) is 0 Å². The van der Waals surface area contributed by atoms with Gasteiger partial charge in [-0.05, 0) is 85.2 Å². The Kier molecular flexibility index (Phi) is 17.7. The third kappa shape index (κ3) is 9.78. The number of aliphatic hydroxyl groups is 1. The van der Waals surface area contributed by atoms with Gasteiger partial charge in [-0.15, -0.1) is 0 Å². The summed E-state index contributed by atoms with van der Waals surface area (Å²) in [7, 11) is 5.58. The molecular formula is C46H63LiO18. The van der Waals surface area contributed by atoms with Crippen LogP contribution in [0.5, 0.6) is 0 Å². The average Bonchev–Trinajstić information content (AvgIpc) is 3.99. The van der Waals surface area contributed by atoms with E-state index in [4.69, 9.17) is 42.0 Å². The Morgan fingerprint density at radius 3 is 1.77 bits per heavy atom. The Morgan fingerprint density at radius 2 is 1.28 bits per heavy atom. The molecule has 2 aromatic rings. The topological polar surface area (TPSA) is 264 Å². The van der Waals surface area contributed by atoms with Crippen molar-refractivity contribution in [2.24, 2.45) is 57.2 Å². The molecular weight excluding hydrogens is 847 g/mol. The molecule has 1 saturated heterocycles. The number of rotatable bonds is 13. The molecule has 0 radical (unpaired) electrons. The first-order valence-corrected chi connectivity index (χ1v) is 21.5. The molecule has 65 heavy (non-hydrogen) atoms. The van der Waals surface area contributed by atoms with E-state index >= 15 is 0 Å². The first kappa shape index (κ1) is 53.7. The molecule has 0 amide bonds. The van der Waals surface area contributed by atoms with Crippen LogP contribution in [0.2, 0.25) is 0 Å². The van der Waals surface area contributed by atoms with Crippen molar-refractivity contribution in [3.63, 3.8) is 0 Å². The Bertz CT molecular complexity index is 1970. The van der Waals surface area contributed by atoms with E-state index in [2.05, 4.69) is 0 Å². The van der Waals surface area contributed by atoms with Crippen molar-refractivity contribution in [1.82, 2.24) is 0 Å². The van der Waals surface area contributed by atoms with Crippen LogP contribution in [0.3, 0.4) is 0 Å². The maximum atomic E-state index is 13.8. The molecule has 1 aliphatic heterocycles. The van der Waals surface area contributed by atoms with Gasteiger partial charge in [-0.25, -0.2) is 0 Å². The van der Waals surface area contributed by atoms with Crippen molar-refractivity contribution >= 4 is 35.4 Å². The Hall–Kier alpha value is -3.86. The molecule has 3 heterocycles. The molecule has 3 N–H and O–H groups in total. The second-order valence-electron chi connectivity index (χ2n) is 18.9. The van der Waals surface area contributed by atoms with Gasteiger partial charge >= 0.3 is 42.7 Å². The van der Waals surface area contributed by atoms with E-state index in [9.17, 15) is 39.0 Å². The summed E-state index contributed by atoms with van der Waals surface area (Å²) in [5.74, 6) is -6.34. The number of cyclic esters (lactones) is 1. The quantitative estimate of drug-likeness (QED) is 0.127. The smallest absolute Gasteiger partial charge is 0.870 e. The maximum absolute atomic E-state index is 13.8. The number of carboxylic acids is 1. The number of carboxylic acid groups (broad SMARTS) is 1. The van der Waals surface area contributed by atoms with Crippen molar-refractivity contribution in [1.29, 1.82) is 0 Å². The number of carbonyl (C=O) groups excluding carboxylic acids is 5. The summed E-state index contributed by atoms with van der Waals surface area (Å²) < 4.78 is 47.5. The van der Waals surface area contributed by atoms with Crippen LogP contribution in [0.25, 0.3) is 0 Å². The molecule has 0 aromatic carbocycles. The second kappa shape index (κ2) is 21.4. The van der Waals surface area contributed by atoms with Crippen molar-refractivity contribution < 1.29 is 105 Å². The number of carbonyl (C=O) groups is 6. The molecule has 14 atom stereocenters. The zero-order valence-corrected chi connectivity index (χ0v) is 38.8. The number of aliphatic hydroxyl groups excluding tert-OH is 1. The van der Waals surface area contributed by atoms with E-state index in [1.165, 1.54) is 47.2 Å². The molecule has 0 bridgehead atoms. The summed E-state index contributed by atoms with van der Waals surface area (Å²) in [6.45, 7) is 7.36. The number of ether oxygens (including phenoxy) is 7. The monoisotopic (exact) mass is 910 g/mol. The minimum atomic E-state index is -1.14. The normalized spacial score (nSPS) is 36.6. The Balaban J connectivity index is 0.000000276. The maximum Gasteiger partial charge on any atom is 1.00 e. The molecule has 5 unspecified atom stereocenters. The molecule has 7 rings (SSSR count). The van der Waals surface area contributed by atoms with Gasteiger partial charge in [-0.3, -0.25) is 28.8 Å². The van der Waals surface area contributed by atoms with Gasteiger partial charge in [0, 0.05) is 37.2 Å². The number of ketones is 2. The van der Waals surface area contributed by atoms with E-state index in [0.29, 0.717) is 31.2 Å². The van der Waals surface area contributed by atoms with Crippen molar-refractivity contribution in [3.8, 4) is 0 Å². The largest absolute Gasteiger partial charge is 1.00 e. The molecule has 4 saturated carbocycles. The molecule has 19 heteroatoms. The fourth-order valence-corrected chi connectivity index (χ4v) is 12.6. The van der Waals surface area contributed by atoms with Crippen LogP contribution in [0.15, 0.2) is 46.0 Å². The van der Waals surface area contributed by atoms with Crippen LogP contribution >= 0.6 is 0 Å². The van der Waals surface area contributed by atoms with Crippen molar-refractivity contribution in [3.05, 3.63) is 48.3 Å². The van der Waals surface area contributed by atoms with Gasteiger partial charge < -0.3 is 57.7 Å². The fourth-order valence-electron chi connectivity index (χ4n) is 12.6. The number of hydrogen-bond donors (Lipinski definition) is 2. The third-order valence-corrected chi connectivity index (χ3v) is 15.6. The molecule has 5 fully saturated rings. The summed E-state index contributed by atoms with van der Waals surface area (Å²) >= 11 is 0. The van der Waals surface area contributed by atoms with Gasteiger partial charge in [0.1, 0.15) is 31.9 Å². The van der Waals surface area contributed by atoms with E-state index in [1.54, 1.807) is 25.3 Å². The molecule has 4 aliphatic carbocycles. The van der Waals surface area contributed by atoms with Crippen LogP contribution < -0.4 is 18.9 Å². The number of esters is 3. The van der Waals surface area contributed by atoms with Gasteiger partial charge in [-0.2, -0.15) is 0 Å². The van der Waals surface area contributed by atoms with E-state index in [-0.39, 0.29) is 87.1 Å². The number of methoxy groups -OCH3 is 4. The summed E-state index contributed by atoms with van der Waals surface area (Å²) in [6.07, 6.45) is 5.31. The van der Waals surface area contributed by atoms with Gasteiger partial charge in [-0.1, -0.05) is 27.7 Å². The Labute approximate surface area is 390 Å². The predicted octanol–water partition coefficient (Wildman–Crippen LogP) is 2.46. The van der Waals surface area contributed by atoms with Crippen LogP contribution in [-0.4, -0.2) is 105 Å². The molecule has 18 nitrogen and oxygen atoms in total. The van der Waals surface area contributed by atoms with Gasteiger partial charge in [0.05, 0.1) is 69.0 Å². The molecule has 5 aliphatic rings. The van der Waals surface area contributed by atoms with Gasteiger partial charge in [0.15, 0.2) is 11.6 Å². The van der Waals surface area contributed by atoms with Crippen molar-refractivity contribution in [2.75, 3.05) is 42.0 Å². The van der Waals surface area contributed by atoms with Crippen LogP contribution in [0.4, 0.5) is 0 Å². The first-order valence-electron chi connectivity index (χ1n) is 21.5. The summed E-state index contributed by atoms with van der Waals surface area (Å²) in [5, 5.41) is 21.0. The zero-order valence-electron chi connectivity index (χ0n) is 38.8. The number of Topliss-reactive ketones (excluding diaryl/α,β-unsaturated/α-hetero) is 2. The summed E-state index contributed by atoms with van der Waals surface area (Å²) in [6, 6.07) is 3.38. The minimum Gasteiger partial charge on any atom is -0.870 e. The average molecular weight is 911 g/mol. The standard InChI is InChI=1S/C23H32O9.C23H30O8.Li.H2O/c1-22-7-5-14(20(26)27)23(2,10-16(24)13-6-8-31-11-13)19(22)18(25)17(32-12-29-3)9-15(22)21(28)30-4;1-22-7-5-14-21(26)31-17(13-6-8-29-11-13)10-23(14,2)19(22)18(24)16(30-12-27-3)9-15(22)20(25)28-4;;/h6,8,11,14-17,19,24H,5,7,9-10,12H2,1-4H3,(H,26,27);6,8,11,14-17,19H,5,7,9-10,12H2,1-4H3;;1H2/q;;+1;/p-1/t14?,15-,16-,17-,19?,22-,23-;14?,15?,16-,17-,19?,22-,23-;;/m00../s1. The zero-order chi connectivity index (χ0) is 46.1. The van der Waals surface area contributed by atoms with E-state index in [1.807, 2.05) is 20.8 Å². The molecule has 0 spiro atoms. The first-order chi connectivity index (χ1) is 29.9.